The van der Waals surface area contributed by atoms with Crippen molar-refractivity contribution >= 4 is 53.8 Å². The number of methoxy groups -OCH3 is 1. The van der Waals surface area contributed by atoms with E-state index in [0.29, 0.717) is 18.8 Å². The van der Waals surface area contributed by atoms with E-state index < -0.39 is 0 Å². The van der Waals surface area contributed by atoms with Crippen molar-refractivity contribution in [3.63, 3.8) is 0 Å². The number of benzene rings is 3. The van der Waals surface area contributed by atoms with Crippen molar-refractivity contribution in [3.05, 3.63) is 83.6 Å². The minimum atomic E-state index is 0. The summed E-state index contributed by atoms with van der Waals surface area (Å²) in [6, 6.07) is 23.7. The number of hydrogen-bond donors (Lipinski definition) is 1. The number of halogens is 3. The van der Waals surface area contributed by atoms with Crippen molar-refractivity contribution in [3.8, 4) is 17.2 Å². The fraction of sp³-hybridized carbons (Fsp3) is 0.412. The second-order valence-electron chi connectivity index (χ2n) is 11.8. The molecule has 2 fully saturated rings. The molecule has 0 spiro atoms. The fourth-order valence-electron chi connectivity index (χ4n) is 6.62. The van der Waals surface area contributed by atoms with Crippen LogP contribution in [0.5, 0.6) is 17.2 Å². The Labute approximate surface area is 284 Å². The van der Waals surface area contributed by atoms with Gasteiger partial charge in [-0.15, -0.1) is 42.3 Å². The van der Waals surface area contributed by atoms with E-state index in [9.17, 15) is 0 Å². The monoisotopic (exact) mass is 673 g/mol. The van der Waals surface area contributed by atoms with E-state index in [2.05, 4.69) is 75.8 Å². The first-order valence-corrected chi connectivity index (χ1v) is 15.2. The summed E-state index contributed by atoms with van der Waals surface area (Å²) in [5, 5.41) is 15.7. The maximum Gasteiger partial charge on any atom is 0.231 e. The van der Waals surface area contributed by atoms with Gasteiger partial charge in [-0.2, -0.15) is 5.10 Å². The lowest BCUT2D eigenvalue weighted by molar-refractivity contribution is 0.173. The molecule has 0 unspecified atom stereocenters. The van der Waals surface area contributed by atoms with E-state index in [1.165, 1.54) is 16.5 Å². The van der Waals surface area contributed by atoms with E-state index in [1.54, 1.807) is 7.11 Å². The molecule has 0 bridgehead atoms. The van der Waals surface area contributed by atoms with Gasteiger partial charge in [-0.25, -0.2) is 0 Å². The lowest BCUT2D eigenvalue weighted by Crippen LogP contribution is -2.38. The third-order valence-electron chi connectivity index (χ3n) is 9.01. The first kappa shape index (κ1) is 34.9. The van der Waals surface area contributed by atoms with Crippen LogP contribution in [0.2, 0.25) is 0 Å². The van der Waals surface area contributed by atoms with Crippen LogP contribution in [0.25, 0.3) is 10.8 Å². The van der Waals surface area contributed by atoms with E-state index in [0.717, 1.165) is 99.1 Å². The van der Waals surface area contributed by atoms with Crippen LogP contribution in [0.4, 0.5) is 5.82 Å². The predicted molar refractivity (Wildman–Crippen MR) is 186 cm³/mol. The van der Waals surface area contributed by atoms with Gasteiger partial charge >= 0.3 is 0 Å². The predicted octanol–water partition coefficient (Wildman–Crippen LogP) is 7.09. The van der Waals surface area contributed by atoms with Crippen LogP contribution in [-0.4, -0.2) is 66.1 Å². The Bertz CT molecular complexity index is 1530. The van der Waals surface area contributed by atoms with Crippen molar-refractivity contribution in [2.24, 2.45) is 0 Å². The van der Waals surface area contributed by atoms with E-state index in [4.69, 9.17) is 24.4 Å². The number of fused-ring (bicyclic) bond motifs is 2. The summed E-state index contributed by atoms with van der Waals surface area (Å²) in [5.41, 5.74) is 3.76. The summed E-state index contributed by atoms with van der Waals surface area (Å²) in [6.07, 6.45) is 4.30. The van der Waals surface area contributed by atoms with Gasteiger partial charge in [0.2, 0.25) is 6.79 Å². The molecule has 8 nitrogen and oxygen atoms in total. The van der Waals surface area contributed by atoms with Crippen LogP contribution in [0, 0.1) is 0 Å². The number of ether oxygens (including phenoxy) is 3. The summed E-state index contributed by atoms with van der Waals surface area (Å²) in [7, 11) is 1.72. The maximum atomic E-state index is 5.62. The standard InChI is InChI=1S/C34H39N5O3.3ClH/c1-40-28-8-9-29-30(20-28)34(37-36-33(29)26-11-15-38(16-12-26)21-24-5-3-2-4-6-24)35-27-13-17-39(18-14-27)22-25-7-10-31-32(19-25)42-23-41-31;;;/h2-10,19-20,26-27H,11-18,21-23H2,1H3,(H,35,37);3*1H. The second-order valence-corrected chi connectivity index (χ2v) is 11.8. The third kappa shape index (κ3) is 8.05. The highest BCUT2D eigenvalue weighted by atomic mass is 35.5. The molecule has 0 radical (unpaired) electrons. The van der Waals surface area contributed by atoms with Crippen LogP contribution in [0.15, 0.2) is 66.7 Å². The average Bonchev–Trinajstić information content (AvgIpc) is 3.51. The summed E-state index contributed by atoms with van der Waals surface area (Å²) < 4.78 is 16.6. The van der Waals surface area contributed by atoms with Gasteiger partial charge < -0.3 is 19.5 Å². The Morgan fingerprint density at radius 2 is 1.42 bits per heavy atom. The number of piperidine rings is 2. The zero-order valence-corrected chi connectivity index (χ0v) is 28.0. The Kier molecular flexibility index (Phi) is 12.4. The third-order valence-corrected chi connectivity index (χ3v) is 9.01. The molecule has 0 saturated carbocycles. The molecular weight excluding hydrogens is 633 g/mol. The average molecular weight is 675 g/mol. The normalized spacial score (nSPS) is 17.2. The first-order chi connectivity index (χ1) is 20.7. The highest BCUT2D eigenvalue weighted by Gasteiger charge is 2.26. The molecule has 0 amide bonds. The molecule has 3 aliphatic rings. The summed E-state index contributed by atoms with van der Waals surface area (Å²) >= 11 is 0. The second kappa shape index (κ2) is 16.0. The number of nitrogens with one attached hydrogen (secondary N) is 1. The molecule has 2 saturated heterocycles. The van der Waals surface area contributed by atoms with Crippen LogP contribution >= 0.6 is 37.2 Å². The topological polar surface area (TPSA) is 72.0 Å². The molecular formula is C34H42Cl3N5O3. The minimum Gasteiger partial charge on any atom is -0.497 e. The molecule has 3 aliphatic heterocycles. The molecule has 45 heavy (non-hydrogen) atoms. The summed E-state index contributed by atoms with van der Waals surface area (Å²) in [5.74, 6) is 3.82. The lowest BCUT2D eigenvalue weighted by atomic mass is 9.90. The van der Waals surface area contributed by atoms with Gasteiger partial charge in [-0.3, -0.25) is 9.80 Å². The number of likely N-dealkylation sites (tertiary alicyclic amines) is 2. The first-order valence-electron chi connectivity index (χ1n) is 15.2. The Balaban J connectivity index is 0.00000154. The fourth-order valence-corrected chi connectivity index (χ4v) is 6.62. The highest BCUT2D eigenvalue weighted by molar-refractivity contribution is 5.94. The van der Waals surface area contributed by atoms with Crippen molar-refractivity contribution in [2.75, 3.05) is 45.4 Å². The molecule has 1 aromatic heterocycles. The summed E-state index contributed by atoms with van der Waals surface area (Å²) in [4.78, 5) is 5.06. The number of aromatic nitrogens is 2. The number of anilines is 1. The van der Waals surface area contributed by atoms with E-state index in [-0.39, 0.29) is 37.2 Å². The van der Waals surface area contributed by atoms with Crippen molar-refractivity contribution in [1.82, 2.24) is 20.0 Å². The van der Waals surface area contributed by atoms with E-state index >= 15 is 0 Å². The van der Waals surface area contributed by atoms with Crippen molar-refractivity contribution < 1.29 is 14.2 Å². The smallest absolute Gasteiger partial charge is 0.231 e. The van der Waals surface area contributed by atoms with Gasteiger partial charge in [0.05, 0.1) is 12.8 Å². The van der Waals surface area contributed by atoms with Crippen molar-refractivity contribution in [2.45, 2.75) is 50.7 Å². The lowest BCUT2D eigenvalue weighted by Gasteiger charge is -2.33. The van der Waals surface area contributed by atoms with Gasteiger partial charge in [0.25, 0.3) is 0 Å². The Morgan fingerprint density at radius 1 is 0.733 bits per heavy atom. The van der Waals surface area contributed by atoms with Gasteiger partial charge in [0.1, 0.15) is 5.75 Å². The minimum absolute atomic E-state index is 0. The van der Waals surface area contributed by atoms with E-state index in [1.807, 2.05) is 6.07 Å². The van der Waals surface area contributed by atoms with Crippen LogP contribution in [0.1, 0.15) is 48.4 Å². The van der Waals surface area contributed by atoms with Crippen molar-refractivity contribution in [1.29, 1.82) is 0 Å². The molecule has 0 aliphatic carbocycles. The molecule has 0 atom stereocenters. The van der Waals surface area contributed by atoms with Gasteiger partial charge in [-0.05, 0) is 80.2 Å². The highest BCUT2D eigenvalue weighted by Crippen LogP contribution is 2.36. The molecule has 3 aromatic carbocycles. The number of nitrogens with zero attached hydrogens (tertiary/aromatic N) is 4. The van der Waals surface area contributed by atoms with Gasteiger partial charge in [0.15, 0.2) is 17.3 Å². The number of hydrogen-bond acceptors (Lipinski definition) is 8. The number of rotatable bonds is 8. The maximum absolute atomic E-state index is 5.62. The zero-order valence-electron chi connectivity index (χ0n) is 25.5. The molecule has 4 heterocycles. The van der Waals surface area contributed by atoms with Crippen LogP contribution in [-0.2, 0) is 13.1 Å². The van der Waals surface area contributed by atoms with Gasteiger partial charge in [0, 0.05) is 48.9 Å². The molecule has 1 N–H and O–H groups in total. The Hall–Kier alpha value is -3.01. The molecule has 4 aromatic rings. The molecule has 7 rings (SSSR count). The quantitative estimate of drug-likeness (QED) is 0.213. The molecule has 242 valence electrons. The SMILES string of the molecule is COc1ccc2c(C3CCN(Cc4ccccc4)CC3)nnc(NC3CCN(Cc4ccc5c(c4)OCO5)CC3)c2c1.Cl.Cl.Cl. The summed E-state index contributed by atoms with van der Waals surface area (Å²) in [6.45, 7) is 6.44. The largest absolute Gasteiger partial charge is 0.497 e. The van der Waals surface area contributed by atoms with Gasteiger partial charge in [-0.1, -0.05) is 36.4 Å². The molecule has 11 heteroatoms. The van der Waals surface area contributed by atoms with Crippen LogP contribution in [0.3, 0.4) is 0 Å². The Morgan fingerprint density at radius 3 is 2.16 bits per heavy atom. The van der Waals surface area contributed by atoms with Crippen LogP contribution < -0.4 is 19.5 Å². The zero-order chi connectivity index (χ0) is 28.3.